The van der Waals surface area contributed by atoms with Crippen LogP contribution in [-0.4, -0.2) is 25.7 Å². The third-order valence-electron chi connectivity index (χ3n) is 4.45. The number of hydrogen-bond donors (Lipinski definition) is 1. The average molecular weight is 315 g/mol. The molecule has 3 nitrogen and oxygen atoms in total. The minimum absolute atomic E-state index is 0.0150. The summed E-state index contributed by atoms with van der Waals surface area (Å²) in [4.78, 5) is 13.0. The van der Waals surface area contributed by atoms with E-state index in [9.17, 15) is 4.79 Å². The van der Waals surface area contributed by atoms with Crippen LogP contribution in [0.5, 0.6) is 0 Å². The normalized spacial score (nSPS) is 17.1. The lowest BCUT2D eigenvalue weighted by molar-refractivity contribution is 0.0487. The molecule has 22 heavy (non-hydrogen) atoms. The zero-order valence-corrected chi connectivity index (χ0v) is 13.6. The first-order valence-electron chi connectivity index (χ1n) is 7.66. The molecule has 4 heteroatoms. The summed E-state index contributed by atoms with van der Waals surface area (Å²) in [6, 6.07) is 12.4. The summed E-state index contributed by atoms with van der Waals surface area (Å²) in [6.45, 7) is 4.26. The molecule has 1 aliphatic heterocycles. The van der Waals surface area contributed by atoms with Crippen LogP contribution < -0.4 is 5.32 Å². The minimum atomic E-state index is -0.0150. The zero-order chi connectivity index (χ0) is 15.4. The highest BCUT2D eigenvalue weighted by Crippen LogP contribution is 2.34. The maximum Gasteiger partial charge on any atom is 0.261 e. The fraction of sp³-hybridized carbons (Fsp3) is 0.389. The van der Waals surface area contributed by atoms with Crippen LogP contribution in [0.25, 0.3) is 0 Å². The second kappa shape index (κ2) is 6.63. The molecule has 0 aliphatic carbocycles. The minimum Gasteiger partial charge on any atom is -0.381 e. The van der Waals surface area contributed by atoms with E-state index < -0.39 is 0 Å². The topological polar surface area (TPSA) is 38.3 Å². The Bertz CT molecular complexity index is 613. The van der Waals surface area contributed by atoms with E-state index in [1.165, 1.54) is 22.5 Å². The first kappa shape index (κ1) is 15.3. The molecular formula is C18H21NO2S. The van der Waals surface area contributed by atoms with E-state index in [-0.39, 0.29) is 11.3 Å². The van der Waals surface area contributed by atoms with Gasteiger partial charge in [-0.05, 0) is 36.8 Å². The van der Waals surface area contributed by atoms with Crippen LogP contribution in [0.2, 0.25) is 0 Å². The van der Waals surface area contributed by atoms with Gasteiger partial charge in [-0.3, -0.25) is 4.79 Å². The molecule has 1 fully saturated rings. The van der Waals surface area contributed by atoms with Crippen LogP contribution >= 0.6 is 11.3 Å². The summed E-state index contributed by atoms with van der Waals surface area (Å²) in [5.41, 5.74) is 2.54. The van der Waals surface area contributed by atoms with E-state index in [0.29, 0.717) is 6.54 Å². The summed E-state index contributed by atoms with van der Waals surface area (Å²) in [7, 11) is 0. The summed E-state index contributed by atoms with van der Waals surface area (Å²) in [5.74, 6) is 0.0213. The van der Waals surface area contributed by atoms with Crippen molar-refractivity contribution in [3.63, 3.8) is 0 Å². The van der Waals surface area contributed by atoms with Gasteiger partial charge in [0.2, 0.25) is 0 Å². The van der Waals surface area contributed by atoms with E-state index in [4.69, 9.17) is 4.74 Å². The second-order valence-electron chi connectivity index (χ2n) is 5.92. The average Bonchev–Trinajstić information content (AvgIpc) is 3.09. The maximum atomic E-state index is 12.2. The largest absolute Gasteiger partial charge is 0.381 e. The number of thiophene rings is 1. The first-order valence-corrected chi connectivity index (χ1v) is 8.54. The lowest BCUT2D eigenvalue weighted by atomic mass is 9.74. The van der Waals surface area contributed by atoms with Crippen LogP contribution in [0.1, 0.15) is 33.6 Å². The standard InChI is InChI=1S/C18H21NO2S/c1-14-4-6-15(7-5-14)18(8-10-21-11-9-18)13-19-17(20)16-3-2-12-22-16/h2-7,12H,8-11,13H2,1H3,(H,19,20). The zero-order valence-electron chi connectivity index (χ0n) is 12.8. The van der Waals surface area contributed by atoms with Crippen molar-refractivity contribution in [1.82, 2.24) is 5.32 Å². The molecule has 3 rings (SSSR count). The number of rotatable bonds is 4. The van der Waals surface area contributed by atoms with Gasteiger partial charge in [0.05, 0.1) is 4.88 Å². The number of carbonyl (C=O) groups excluding carboxylic acids is 1. The number of carbonyl (C=O) groups is 1. The van der Waals surface area contributed by atoms with E-state index in [0.717, 1.165) is 30.9 Å². The van der Waals surface area contributed by atoms with Crippen LogP contribution in [0.3, 0.4) is 0 Å². The molecule has 0 radical (unpaired) electrons. The maximum absolute atomic E-state index is 12.2. The van der Waals surface area contributed by atoms with Crippen LogP contribution in [0.4, 0.5) is 0 Å². The van der Waals surface area contributed by atoms with E-state index >= 15 is 0 Å². The Balaban J connectivity index is 1.77. The van der Waals surface area contributed by atoms with Crippen LogP contribution in [0, 0.1) is 6.92 Å². The number of aryl methyl sites for hydroxylation is 1. The third kappa shape index (κ3) is 3.23. The van der Waals surface area contributed by atoms with Gasteiger partial charge in [0.25, 0.3) is 5.91 Å². The van der Waals surface area contributed by atoms with Crippen molar-refractivity contribution in [2.75, 3.05) is 19.8 Å². The highest BCUT2D eigenvalue weighted by Gasteiger charge is 2.34. The van der Waals surface area contributed by atoms with Crippen molar-refractivity contribution in [2.45, 2.75) is 25.2 Å². The lowest BCUT2D eigenvalue weighted by Gasteiger charge is -2.38. The molecule has 0 unspecified atom stereocenters. The number of hydrogen-bond acceptors (Lipinski definition) is 3. The molecular weight excluding hydrogens is 294 g/mol. The Labute approximate surface area is 135 Å². The van der Waals surface area contributed by atoms with Gasteiger partial charge in [0.1, 0.15) is 0 Å². The molecule has 2 aromatic rings. The predicted molar refractivity (Wildman–Crippen MR) is 89.6 cm³/mol. The van der Waals surface area contributed by atoms with E-state index in [1.54, 1.807) is 0 Å². The number of amides is 1. The molecule has 1 aromatic carbocycles. The lowest BCUT2D eigenvalue weighted by Crippen LogP contribution is -2.44. The van der Waals surface area contributed by atoms with Crippen molar-refractivity contribution in [1.29, 1.82) is 0 Å². The highest BCUT2D eigenvalue weighted by atomic mass is 32.1. The van der Waals surface area contributed by atoms with E-state index in [2.05, 4.69) is 36.5 Å². The quantitative estimate of drug-likeness (QED) is 0.937. The molecule has 0 atom stereocenters. The molecule has 1 N–H and O–H groups in total. The Morgan fingerprint density at radius 1 is 1.23 bits per heavy atom. The Kier molecular flexibility index (Phi) is 4.60. The van der Waals surface area contributed by atoms with Crippen molar-refractivity contribution in [3.05, 3.63) is 57.8 Å². The van der Waals surface area contributed by atoms with Gasteiger partial charge in [-0.2, -0.15) is 0 Å². The van der Waals surface area contributed by atoms with Crippen LogP contribution in [0.15, 0.2) is 41.8 Å². The molecule has 0 bridgehead atoms. The molecule has 1 aliphatic rings. The molecule has 1 aromatic heterocycles. The van der Waals surface area contributed by atoms with Gasteiger partial charge in [0, 0.05) is 25.2 Å². The first-order chi connectivity index (χ1) is 10.7. The van der Waals surface area contributed by atoms with Crippen molar-refractivity contribution in [3.8, 4) is 0 Å². The SMILES string of the molecule is Cc1ccc(C2(CNC(=O)c3cccs3)CCOCC2)cc1. The number of nitrogens with one attached hydrogen (secondary N) is 1. The van der Waals surface area contributed by atoms with E-state index in [1.807, 2.05) is 17.5 Å². The molecule has 0 spiro atoms. The van der Waals surface area contributed by atoms with Gasteiger partial charge < -0.3 is 10.1 Å². The smallest absolute Gasteiger partial charge is 0.261 e. The van der Waals surface area contributed by atoms with Gasteiger partial charge in [0.15, 0.2) is 0 Å². The molecule has 1 amide bonds. The molecule has 116 valence electrons. The fourth-order valence-corrected chi connectivity index (χ4v) is 3.62. The van der Waals surface area contributed by atoms with Gasteiger partial charge in [-0.15, -0.1) is 11.3 Å². The Hall–Kier alpha value is -1.65. The van der Waals surface area contributed by atoms with Gasteiger partial charge in [-0.25, -0.2) is 0 Å². The highest BCUT2D eigenvalue weighted by molar-refractivity contribution is 7.12. The summed E-state index contributed by atoms with van der Waals surface area (Å²) in [6.07, 6.45) is 1.89. The van der Waals surface area contributed by atoms with Crippen molar-refractivity contribution in [2.24, 2.45) is 0 Å². The monoisotopic (exact) mass is 315 g/mol. The summed E-state index contributed by atoms with van der Waals surface area (Å²) >= 11 is 1.48. The molecule has 0 saturated carbocycles. The van der Waals surface area contributed by atoms with Crippen molar-refractivity contribution >= 4 is 17.2 Å². The predicted octanol–water partition coefficient (Wildman–Crippen LogP) is 3.53. The number of ether oxygens (including phenoxy) is 1. The van der Waals surface area contributed by atoms with Crippen LogP contribution in [-0.2, 0) is 10.2 Å². The van der Waals surface area contributed by atoms with Gasteiger partial charge >= 0.3 is 0 Å². The summed E-state index contributed by atoms with van der Waals surface area (Å²) < 4.78 is 5.54. The Morgan fingerprint density at radius 3 is 2.59 bits per heavy atom. The molecule has 1 saturated heterocycles. The second-order valence-corrected chi connectivity index (χ2v) is 6.87. The fourth-order valence-electron chi connectivity index (χ4n) is 2.98. The third-order valence-corrected chi connectivity index (χ3v) is 5.31. The van der Waals surface area contributed by atoms with Crippen molar-refractivity contribution < 1.29 is 9.53 Å². The molecule has 2 heterocycles. The Morgan fingerprint density at radius 2 is 1.95 bits per heavy atom. The number of benzene rings is 1. The van der Waals surface area contributed by atoms with Gasteiger partial charge in [-0.1, -0.05) is 35.9 Å². The summed E-state index contributed by atoms with van der Waals surface area (Å²) in [5, 5.41) is 5.05.